The van der Waals surface area contributed by atoms with Crippen LogP contribution < -0.4 is 5.43 Å². The van der Waals surface area contributed by atoms with Gasteiger partial charge in [-0.3, -0.25) is 4.79 Å². The maximum atomic E-state index is 12.3. The molecule has 1 rings (SSSR count). The number of hydrogen-bond acceptors (Lipinski definition) is 2. The van der Waals surface area contributed by atoms with Crippen molar-refractivity contribution in [2.24, 2.45) is 0 Å². The summed E-state index contributed by atoms with van der Waals surface area (Å²) in [7, 11) is 0. The lowest BCUT2D eigenvalue weighted by atomic mass is 10.1. The van der Waals surface area contributed by atoms with Crippen molar-refractivity contribution in [2.75, 3.05) is 0 Å². The van der Waals surface area contributed by atoms with E-state index in [9.17, 15) is 13.6 Å². The van der Waals surface area contributed by atoms with Crippen LogP contribution in [0.3, 0.4) is 0 Å². The van der Waals surface area contributed by atoms with Crippen LogP contribution in [0.25, 0.3) is 0 Å². The Hall–Kier alpha value is -1.22. The van der Waals surface area contributed by atoms with E-state index < -0.39 is 17.5 Å². The predicted octanol–water partition coefficient (Wildman–Crippen LogP) is 2.27. The number of halogens is 3. The van der Waals surface area contributed by atoms with Gasteiger partial charge in [-0.15, -0.1) is 0 Å². The lowest BCUT2D eigenvalue weighted by Gasteiger charge is -2.06. The molecule has 15 heavy (non-hydrogen) atoms. The van der Waals surface area contributed by atoms with Crippen molar-refractivity contribution in [3.05, 3.63) is 33.2 Å². The largest absolute Gasteiger partial charge is 0.356 e. The third-order valence-corrected chi connectivity index (χ3v) is 2.43. The van der Waals surface area contributed by atoms with Crippen LogP contribution in [0.5, 0.6) is 0 Å². The van der Waals surface area contributed by atoms with E-state index >= 15 is 0 Å². The van der Waals surface area contributed by atoms with Crippen molar-refractivity contribution in [2.45, 2.75) is 18.2 Å². The van der Waals surface area contributed by atoms with Gasteiger partial charge in [-0.2, -0.15) is 5.26 Å². The molecule has 1 aromatic rings. The molecule has 6 heteroatoms. The molecule has 0 aromatic carbocycles. The highest BCUT2D eigenvalue weighted by Gasteiger charge is 2.13. The average Bonchev–Trinajstić information content (AvgIpc) is 2.20. The van der Waals surface area contributed by atoms with Crippen LogP contribution in [0, 0.1) is 11.3 Å². The molecule has 0 amide bonds. The number of rotatable bonds is 3. The minimum absolute atomic E-state index is 0.0835. The van der Waals surface area contributed by atoms with Gasteiger partial charge in [-0.1, -0.05) is 15.9 Å². The van der Waals surface area contributed by atoms with Crippen molar-refractivity contribution in [1.82, 2.24) is 4.98 Å². The van der Waals surface area contributed by atoms with Gasteiger partial charge in [-0.05, 0) is 0 Å². The fraction of sp³-hybridized carbons (Fsp3) is 0.333. The first-order valence-corrected chi connectivity index (χ1v) is 5.18. The molecule has 0 fully saturated rings. The van der Waals surface area contributed by atoms with Crippen LogP contribution in [0.2, 0.25) is 0 Å². The summed E-state index contributed by atoms with van der Waals surface area (Å²) in [6.45, 7) is 0. The maximum absolute atomic E-state index is 12.3. The standard InChI is InChI=1S/C9H7BrF2N2O/c10-4-7-5(1-2-13)8(15)3-6(14-7)9(11)12/h3,9H,1,4H2,(H,14,15). The highest BCUT2D eigenvalue weighted by molar-refractivity contribution is 9.08. The first-order valence-electron chi connectivity index (χ1n) is 4.06. The monoisotopic (exact) mass is 276 g/mol. The number of nitrogens with zero attached hydrogens (tertiary/aromatic N) is 1. The fourth-order valence-electron chi connectivity index (χ4n) is 1.17. The fourth-order valence-corrected chi connectivity index (χ4v) is 1.65. The molecule has 0 spiro atoms. The van der Waals surface area contributed by atoms with Crippen LogP contribution in [-0.2, 0) is 11.8 Å². The topological polar surface area (TPSA) is 56.6 Å². The van der Waals surface area contributed by atoms with E-state index in [0.29, 0.717) is 5.69 Å². The average molecular weight is 277 g/mol. The van der Waals surface area contributed by atoms with Gasteiger partial charge in [-0.25, -0.2) is 8.78 Å². The van der Waals surface area contributed by atoms with Crippen LogP contribution in [0.4, 0.5) is 8.78 Å². The van der Waals surface area contributed by atoms with Crippen molar-refractivity contribution in [3.63, 3.8) is 0 Å². The number of pyridine rings is 1. The minimum atomic E-state index is -2.72. The second-order valence-electron chi connectivity index (χ2n) is 2.82. The smallest absolute Gasteiger partial charge is 0.278 e. The molecule has 0 saturated heterocycles. The Bertz CT molecular complexity index is 450. The summed E-state index contributed by atoms with van der Waals surface area (Å²) in [6, 6.07) is 2.66. The number of aromatic amines is 1. The Morgan fingerprint density at radius 2 is 2.27 bits per heavy atom. The van der Waals surface area contributed by atoms with Crippen molar-refractivity contribution >= 4 is 15.9 Å². The lowest BCUT2D eigenvalue weighted by Crippen LogP contribution is -2.14. The third-order valence-electron chi connectivity index (χ3n) is 1.87. The van der Waals surface area contributed by atoms with Gasteiger partial charge in [0.15, 0.2) is 5.43 Å². The Morgan fingerprint density at radius 1 is 1.60 bits per heavy atom. The Balaban J connectivity index is 3.32. The number of nitrogens with one attached hydrogen (secondary N) is 1. The summed E-state index contributed by atoms with van der Waals surface area (Å²) in [5.41, 5.74) is -0.380. The molecule has 0 unspecified atom stereocenters. The lowest BCUT2D eigenvalue weighted by molar-refractivity contribution is 0.145. The molecule has 1 N–H and O–H groups in total. The van der Waals surface area contributed by atoms with E-state index in [-0.39, 0.29) is 17.3 Å². The van der Waals surface area contributed by atoms with Crippen molar-refractivity contribution < 1.29 is 8.78 Å². The first kappa shape index (κ1) is 11.9. The quantitative estimate of drug-likeness (QED) is 0.861. The number of alkyl halides is 3. The summed E-state index contributed by atoms with van der Waals surface area (Å²) in [6.07, 6.45) is -2.80. The zero-order chi connectivity index (χ0) is 11.4. The van der Waals surface area contributed by atoms with Crippen LogP contribution in [0.15, 0.2) is 10.9 Å². The van der Waals surface area contributed by atoms with E-state index in [1.165, 1.54) is 0 Å². The summed E-state index contributed by atoms with van der Waals surface area (Å²) in [4.78, 5) is 13.8. The Labute approximate surface area is 92.9 Å². The number of aromatic nitrogens is 1. The summed E-state index contributed by atoms with van der Waals surface area (Å²) >= 11 is 3.07. The molecular weight excluding hydrogens is 270 g/mol. The normalized spacial score (nSPS) is 10.3. The highest BCUT2D eigenvalue weighted by atomic mass is 79.9. The number of H-pyrrole nitrogens is 1. The van der Waals surface area contributed by atoms with Gasteiger partial charge in [0.25, 0.3) is 6.43 Å². The molecule has 0 aliphatic carbocycles. The molecule has 3 nitrogen and oxygen atoms in total. The predicted molar refractivity (Wildman–Crippen MR) is 54.0 cm³/mol. The molecular formula is C9H7BrF2N2O. The van der Waals surface area contributed by atoms with E-state index in [4.69, 9.17) is 5.26 Å². The van der Waals surface area contributed by atoms with Crippen molar-refractivity contribution in [1.29, 1.82) is 5.26 Å². The zero-order valence-corrected chi connectivity index (χ0v) is 9.14. The summed E-state index contributed by atoms with van der Waals surface area (Å²) in [5, 5.41) is 8.71. The van der Waals surface area contributed by atoms with Gasteiger partial charge in [0.1, 0.15) is 0 Å². The molecule has 1 aromatic heterocycles. The maximum Gasteiger partial charge on any atom is 0.278 e. The van der Waals surface area contributed by atoms with Crippen LogP contribution >= 0.6 is 15.9 Å². The van der Waals surface area contributed by atoms with Crippen molar-refractivity contribution in [3.8, 4) is 6.07 Å². The molecule has 0 atom stereocenters. The summed E-state index contributed by atoms with van der Waals surface area (Å²) in [5.74, 6) is 0. The second-order valence-corrected chi connectivity index (χ2v) is 3.38. The number of hydrogen-bond donors (Lipinski definition) is 1. The minimum Gasteiger partial charge on any atom is -0.356 e. The van der Waals surface area contributed by atoms with Crippen LogP contribution in [-0.4, -0.2) is 4.98 Å². The van der Waals surface area contributed by atoms with Gasteiger partial charge >= 0.3 is 0 Å². The van der Waals surface area contributed by atoms with E-state index in [2.05, 4.69) is 20.9 Å². The SMILES string of the molecule is N#CCc1c(CBr)[nH]c(C(F)F)cc1=O. The highest BCUT2D eigenvalue weighted by Crippen LogP contribution is 2.17. The number of nitriles is 1. The van der Waals surface area contributed by atoms with E-state index in [1.54, 1.807) is 0 Å². The molecule has 0 saturated carbocycles. The Kier molecular flexibility index (Phi) is 3.97. The van der Waals surface area contributed by atoms with Gasteiger partial charge in [0.05, 0.1) is 18.2 Å². The molecule has 0 aliphatic heterocycles. The zero-order valence-electron chi connectivity index (χ0n) is 7.56. The molecule has 0 bridgehead atoms. The van der Waals surface area contributed by atoms with Crippen LogP contribution in [0.1, 0.15) is 23.4 Å². The van der Waals surface area contributed by atoms with E-state index in [0.717, 1.165) is 6.07 Å². The van der Waals surface area contributed by atoms with Gasteiger partial charge in [0.2, 0.25) is 0 Å². The Morgan fingerprint density at radius 3 is 2.73 bits per heavy atom. The summed E-state index contributed by atoms with van der Waals surface area (Å²) < 4.78 is 24.7. The van der Waals surface area contributed by atoms with E-state index in [1.807, 2.05) is 6.07 Å². The molecule has 80 valence electrons. The molecule has 0 aliphatic rings. The third kappa shape index (κ3) is 2.63. The molecule has 1 heterocycles. The second kappa shape index (κ2) is 5.03. The van der Waals surface area contributed by atoms with Gasteiger partial charge < -0.3 is 4.98 Å². The van der Waals surface area contributed by atoms with Gasteiger partial charge in [0, 0.05) is 22.7 Å². The molecule has 0 radical (unpaired) electrons. The first-order chi connectivity index (χ1) is 7.10.